The molecule has 2 N–H and O–H groups in total. The number of anilines is 1. The molecule has 7 nitrogen and oxygen atoms in total. The minimum atomic E-state index is -3.44. The van der Waals surface area contributed by atoms with Crippen LogP contribution in [0.2, 0.25) is 0 Å². The summed E-state index contributed by atoms with van der Waals surface area (Å²) in [5, 5.41) is 0. The van der Waals surface area contributed by atoms with Crippen molar-refractivity contribution in [2.75, 3.05) is 45.3 Å². The van der Waals surface area contributed by atoms with Crippen LogP contribution in [0.5, 0.6) is 0 Å². The van der Waals surface area contributed by atoms with Crippen molar-refractivity contribution in [3.05, 3.63) is 18.3 Å². The number of hydrogen-bond acceptors (Lipinski definition) is 6. The number of nitrogens with two attached hydrogens (primary N) is 1. The van der Waals surface area contributed by atoms with Crippen LogP contribution in [0.25, 0.3) is 0 Å². The summed E-state index contributed by atoms with van der Waals surface area (Å²) in [6.45, 7) is 2.36. The van der Waals surface area contributed by atoms with Gasteiger partial charge in [0.2, 0.25) is 10.0 Å². The van der Waals surface area contributed by atoms with Gasteiger partial charge in [0.1, 0.15) is 10.7 Å². The van der Waals surface area contributed by atoms with Crippen molar-refractivity contribution in [2.24, 2.45) is 5.73 Å². The standard InChI is InChI=1S/C12H20N4O3S/c1-15(2)20(17,18)11-3-4-12(14-8-11)16-5-6-19-9-10(16)7-13/h3-4,8,10H,5-7,9,13H2,1-2H3. The van der Waals surface area contributed by atoms with Gasteiger partial charge in [0, 0.05) is 33.4 Å². The SMILES string of the molecule is CN(C)S(=O)(=O)c1ccc(N2CCOCC2CN)nc1. The number of nitrogens with zero attached hydrogens (tertiary/aromatic N) is 3. The fraction of sp³-hybridized carbons (Fsp3) is 0.583. The number of morpholine rings is 1. The first kappa shape index (κ1) is 15.2. The molecule has 1 atom stereocenters. The number of pyridine rings is 1. The van der Waals surface area contributed by atoms with Crippen molar-refractivity contribution in [2.45, 2.75) is 10.9 Å². The predicted molar refractivity (Wildman–Crippen MR) is 76.1 cm³/mol. The molecule has 8 heteroatoms. The summed E-state index contributed by atoms with van der Waals surface area (Å²) in [6, 6.07) is 3.36. The maximum atomic E-state index is 12.0. The number of sulfonamides is 1. The van der Waals surface area contributed by atoms with Gasteiger partial charge in [-0.25, -0.2) is 17.7 Å². The summed E-state index contributed by atoms with van der Waals surface area (Å²) < 4.78 is 30.5. The number of ether oxygens (including phenoxy) is 1. The van der Waals surface area contributed by atoms with Crippen molar-refractivity contribution in [1.29, 1.82) is 0 Å². The second kappa shape index (κ2) is 6.04. The van der Waals surface area contributed by atoms with Gasteiger partial charge < -0.3 is 15.4 Å². The highest BCUT2D eigenvalue weighted by Gasteiger charge is 2.24. The number of hydrogen-bond donors (Lipinski definition) is 1. The van der Waals surface area contributed by atoms with Crippen molar-refractivity contribution in [3.63, 3.8) is 0 Å². The third-order valence-electron chi connectivity index (χ3n) is 3.29. The predicted octanol–water partition coefficient (Wildman–Crippen LogP) is -0.504. The van der Waals surface area contributed by atoms with E-state index in [1.54, 1.807) is 12.1 Å². The topological polar surface area (TPSA) is 88.8 Å². The summed E-state index contributed by atoms with van der Waals surface area (Å²) in [5.41, 5.74) is 5.72. The van der Waals surface area contributed by atoms with Gasteiger partial charge in [0.05, 0.1) is 19.3 Å². The van der Waals surface area contributed by atoms with Crippen molar-refractivity contribution in [1.82, 2.24) is 9.29 Å². The Balaban J connectivity index is 2.24. The molecule has 1 saturated heterocycles. The Labute approximate surface area is 119 Å². The van der Waals surface area contributed by atoms with Crippen LogP contribution >= 0.6 is 0 Å². The highest BCUT2D eigenvalue weighted by molar-refractivity contribution is 7.89. The van der Waals surface area contributed by atoms with Gasteiger partial charge in [0.25, 0.3) is 0 Å². The molecule has 2 heterocycles. The van der Waals surface area contributed by atoms with E-state index >= 15 is 0 Å². The highest BCUT2D eigenvalue weighted by atomic mass is 32.2. The molecule has 0 amide bonds. The maximum absolute atomic E-state index is 12.0. The molecule has 0 aliphatic carbocycles. The van der Waals surface area contributed by atoms with E-state index in [4.69, 9.17) is 10.5 Å². The van der Waals surface area contributed by atoms with E-state index in [0.29, 0.717) is 26.3 Å². The molecule has 1 aliphatic rings. The van der Waals surface area contributed by atoms with Crippen molar-refractivity contribution >= 4 is 15.8 Å². The van der Waals surface area contributed by atoms with E-state index < -0.39 is 10.0 Å². The lowest BCUT2D eigenvalue weighted by atomic mass is 10.2. The lowest BCUT2D eigenvalue weighted by molar-refractivity contribution is 0.0958. The average Bonchev–Trinajstić information content (AvgIpc) is 2.47. The zero-order valence-electron chi connectivity index (χ0n) is 11.7. The van der Waals surface area contributed by atoms with Crippen LogP contribution in [0, 0.1) is 0 Å². The fourth-order valence-electron chi connectivity index (χ4n) is 2.06. The van der Waals surface area contributed by atoms with Crippen LogP contribution in [-0.4, -0.2) is 64.1 Å². The van der Waals surface area contributed by atoms with Crippen molar-refractivity contribution < 1.29 is 13.2 Å². The summed E-state index contributed by atoms with van der Waals surface area (Å²) >= 11 is 0. The first-order valence-electron chi connectivity index (χ1n) is 6.40. The first-order chi connectivity index (χ1) is 9.46. The Hall–Kier alpha value is -1.22. The van der Waals surface area contributed by atoms with Gasteiger partial charge in [-0.3, -0.25) is 0 Å². The van der Waals surface area contributed by atoms with E-state index in [-0.39, 0.29) is 10.9 Å². The molecule has 0 aromatic carbocycles. The molecule has 0 saturated carbocycles. The molecule has 0 radical (unpaired) electrons. The van der Waals surface area contributed by atoms with Crippen LogP contribution in [0.3, 0.4) is 0 Å². The minimum absolute atomic E-state index is 0.0764. The van der Waals surface area contributed by atoms with Gasteiger partial charge in [-0.1, -0.05) is 0 Å². The Morgan fingerprint density at radius 3 is 2.80 bits per heavy atom. The van der Waals surface area contributed by atoms with Gasteiger partial charge >= 0.3 is 0 Å². The molecule has 2 rings (SSSR count). The normalized spacial score (nSPS) is 20.4. The molecule has 112 valence electrons. The lowest BCUT2D eigenvalue weighted by Crippen LogP contribution is -2.49. The van der Waals surface area contributed by atoms with E-state index in [9.17, 15) is 8.42 Å². The molecule has 1 fully saturated rings. The average molecular weight is 300 g/mol. The van der Waals surface area contributed by atoms with Crippen LogP contribution in [0.4, 0.5) is 5.82 Å². The quantitative estimate of drug-likeness (QED) is 0.806. The smallest absolute Gasteiger partial charge is 0.244 e. The fourth-order valence-corrected chi connectivity index (χ4v) is 2.91. The monoisotopic (exact) mass is 300 g/mol. The van der Waals surface area contributed by atoms with Gasteiger partial charge in [-0.05, 0) is 12.1 Å². The summed E-state index contributed by atoms with van der Waals surface area (Å²) in [6.07, 6.45) is 1.38. The van der Waals surface area contributed by atoms with Crippen LogP contribution in [0.1, 0.15) is 0 Å². The summed E-state index contributed by atoms with van der Waals surface area (Å²) in [7, 11) is -0.449. The second-order valence-electron chi connectivity index (χ2n) is 4.80. The molecule has 1 aromatic rings. The molecule has 20 heavy (non-hydrogen) atoms. The maximum Gasteiger partial charge on any atom is 0.244 e. The first-order valence-corrected chi connectivity index (χ1v) is 7.84. The van der Waals surface area contributed by atoms with E-state index in [0.717, 1.165) is 5.82 Å². The molecular weight excluding hydrogens is 280 g/mol. The van der Waals surface area contributed by atoms with Crippen LogP contribution < -0.4 is 10.6 Å². The third kappa shape index (κ3) is 2.93. The van der Waals surface area contributed by atoms with Crippen LogP contribution in [0.15, 0.2) is 23.2 Å². The van der Waals surface area contributed by atoms with Gasteiger partial charge in [-0.15, -0.1) is 0 Å². The Kier molecular flexibility index (Phi) is 4.59. The summed E-state index contributed by atoms with van der Waals surface area (Å²) in [4.78, 5) is 6.49. The number of rotatable bonds is 4. The van der Waals surface area contributed by atoms with Crippen molar-refractivity contribution in [3.8, 4) is 0 Å². The molecule has 1 unspecified atom stereocenters. The molecule has 1 aliphatic heterocycles. The lowest BCUT2D eigenvalue weighted by Gasteiger charge is -2.35. The van der Waals surface area contributed by atoms with Gasteiger partial charge in [0.15, 0.2) is 0 Å². The van der Waals surface area contributed by atoms with Gasteiger partial charge in [-0.2, -0.15) is 0 Å². The van der Waals surface area contributed by atoms with Crippen LogP contribution in [-0.2, 0) is 14.8 Å². The molecular formula is C12H20N4O3S. The molecule has 0 bridgehead atoms. The number of aromatic nitrogens is 1. The largest absolute Gasteiger partial charge is 0.377 e. The molecule has 0 spiro atoms. The molecule has 1 aromatic heterocycles. The Bertz CT molecular complexity index is 544. The minimum Gasteiger partial charge on any atom is -0.377 e. The zero-order chi connectivity index (χ0) is 14.8. The second-order valence-corrected chi connectivity index (χ2v) is 6.95. The van der Waals surface area contributed by atoms with E-state index in [1.165, 1.54) is 24.6 Å². The highest BCUT2D eigenvalue weighted by Crippen LogP contribution is 2.19. The zero-order valence-corrected chi connectivity index (χ0v) is 12.5. The van der Waals surface area contributed by atoms with E-state index in [2.05, 4.69) is 9.88 Å². The Morgan fingerprint density at radius 1 is 1.50 bits per heavy atom. The van der Waals surface area contributed by atoms with E-state index in [1.807, 2.05) is 0 Å². The third-order valence-corrected chi connectivity index (χ3v) is 5.09. The Morgan fingerprint density at radius 2 is 2.25 bits per heavy atom. The summed E-state index contributed by atoms with van der Waals surface area (Å²) in [5.74, 6) is 0.724.